The van der Waals surface area contributed by atoms with Gasteiger partial charge in [-0.1, -0.05) is 18.2 Å². The zero-order valence-corrected chi connectivity index (χ0v) is 17.5. The van der Waals surface area contributed by atoms with Crippen molar-refractivity contribution in [2.24, 2.45) is 5.10 Å². The number of anilines is 1. The van der Waals surface area contributed by atoms with Gasteiger partial charge in [-0.25, -0.2) is 13.4 Å². The van der Waals surface area contributed by atoms with Crippen LogP contribution >= 0.6 is 0 Å². The highest BCUT2D eigenvalue weighted by Crippen LogP contribution is 2.42. The van der Waals surface area contributed by atoms with E-state index in [2.05, 4.69) is 9.82 Å². The number of hydrogen-bond donors (Lipinski definition) is 1. The fourth-order valence-electron chi connectivity index (χ4n) is 3.35. The summed E-state index contributed by atoms with van der Waals surface area (Å²) in [6, 6.07) is 12.0. The maximum atomic E-state index is 12.3. The Kier molecular flexibility index (Phi) is 5.78. The topological polar surface area (TPSA) is 97.3 Å². The van der Waals surface area contributed by atoms with Crippen LogP contribution in [0.4, 0.5) is 5.69 Å². The lowest BCUT2D eigenvalue weighted by Gasteiger charge is -2.24. The summed E-state index contributed by atoms with van der Waals surface area (Å²) in [4.78, 5) is 12.3. The fraction of sp³-hybridized carbons (Fsp3) is 0.300. The predicted octanol–water partition coefficient (Wildman–Crippen LogP) is 2.77. The van der Waals surface area contributed by atoms with E-state index in [0.29, 0.717) is 29.3 Å². The van der Waals surface area contributed by atoms with Gasteiger partial charge in [0.25, 0.3) is 0 Å². The first-order valence-corrected chi connectivity index (χ1v) is 10.8. The Hall–Kier alpha value is -3.07. The van der Waals surface area contributed by atoms with Crippen LogP contribution in [0.5, 0.6) is 11.5 Å². The van der Waals surface area contributed by atoms with Gasteiger partial charge in [-0.05, 0) is 29.8 Å². The minimum atomic E-state index is -3.35. The van der Waals surface area contributed by atoms with Crippen LogP contribution < -0.4 is 14.2 Å². The predicted molar refractivity (Wildman–Crippen MR) is 111 cm³/mol. The van der Waals surface area contributed by atoms with Crippen LogP contribution in [0.3, 0.4) is 0 Å². The molecule has 0 bridgehead atoms. The molecule has 2 aromatic carbocycles. The lowest BCUT2D eigenvalue weighted by Crippen LogP contribution is -2.25. The molecule has 8 nitrogen and oxygen atoms in total. The molecular weight excluding hydrogens is 394 g/mol. The molecule has 2 aromatic rings. The fourth-order valence-corrected chi connectivity index (χ4v) is 3.92. The van der Waals surface area contributed by atoms with Gasteiger partial charge in [0.15, 0.2) is 0 Å². The number of ether oxygens (including phenoxy) is 2. The van der Waals surface area contributed by atoms with E-state index in [4.69, 9.17) is 9.47 Å². The number of hydrazone groups is 1. The second-order valence-electron chi connectivity index (χ2n) is 6.66. The molecule has 1 N–H and O–H groups in total. The van der Waals surface area contributed by atoms with Gasteiger partial charge in [0.05, 0.1) is 37.8 Å². The first kappa shape index (κ1) is 20.7. The number of carbonyl (C=O) groups is 1. The SMILES string of the molecule is COc1cccc(OC)c1[C@H]1CC(c2ccc(NS(C)(=O)=O)cc2)=NN1C(C)=O. The number of rotatable bonds is 6. The number of methoxy groups -OCH3 is 2. The molecule has 154 valence electrons. The number of hydrogen-bond acceptors (Lipinski definition) is 6. The van der Waals surface area contributed by atoms with Crippen LogP contribution in [0.2, 0.25) is 0 Å². The van der Waals surface area contributed by atoms with Crippen LogP contribution in [0.1, 0.15) is 30.5 Å². The summed E-state index contributed by atoms with van der Waals surface area (Å²) in [6.45, 7) is 1.46. The third-order valence-electron chi connectivity index (χ3n) is 4.55. The molecule has 0 spiro atoms. The van der Waals surface area contributed by atoms with Crippen molar-refractivity contribution < 1.29 is 22.7 Å². The molecule has 3 rings (SSSR count). The summed E-state index contributed by atoms with van der Waals surface area (Å²) in [5.74, 6) is 1.03. The number of carbonyl (C=O) groups excluding carboxylic acids is 1. The lowest BCUT2D eigenvalue weighted by molar-refractivity contribution is -0.130. The van der Waals surface area contributed by atoms with E-state index in [1.807, 2.05) is 18.2 Å². The van der Waals surface area contributed by atoms with E-state index in [0.717, 1.165) is 17.4 Å². The second kappa shape index (κ2) is 8.12. The molecule has 0 radical (unpaired) electrons. The maximum Gasteiger partial charge on any atom is 0.240 e. The zero-order valence-electron chi connectivity index (χ0n) is 16.7. The molecule has 1 aliphatic heterocycles. The average molecular weight is 417 g/mol. The normalized spacial score (nSPS) is 16.3. The highest BCUT2D eigenvalue weighted by Gasteiger charge is 2.35. The summed E-state index contributed by atoms with van der Waals surface area (Å²) < 4.78 is 36.2. The summed E-state index contributed by atoms with van der Waals surface area (Å²) >= 11 is 0. The molecular formula is C20H23N3O5S. The standard InChI is InChI=1S/C20H23N3O5S/c1-13(24)23-17(20-18(27-2)6-5-7-19(20)28-3)12-16(21-23)14-8-10-15(11-9-14)22-29(4,25)26/h5-11,17,22H,12H2,1-4H3/t17-/m1/s1. The second-order valence-corrected chi connectivity index (χ2v) is 8.41. The Bertz CT molecular complexity index is 1030. The van der Waals surface area contributed by atoms with E-state index in [-0.39, 0.29) is 11.9 Å². The average Bonchev–Trinajstić information content (AvgIpc) is 3.12. The van der Waals surface area contributed by atoms with E-state index in [9.17, 15) is 13.2 Å². The molecule has 0 unspecified atom stereocenters. The molecule has 0 saturated heterocycles. The zero-order chi connectivity index (χ0) is 21.2. The molecule has 0 aromatic heterocycles. The molecule has 1 aliphatic rings. The van der Waals surface area contributed by atoms with Crippen molar-refractivity contribution in [1.82, 2.24) is 5.01 Å². The van der Waals surface area contributed by atoms with Crippen molar-refractivity contribution >= 4 is 27.3 Å². The third kappa shape index (κ3) is 4.51. The molecule has 1 atom stereocenters. The van der Waals surface area contributed by atoms with Gasteiger partial charge in [0.1, 0.15) is 11.5 Å². The van der Waals surface area contributed by atoms with Gasteiger partial charge in [-0.3, -0.25) is 9.52 Å². The van der Waals surface area contributed by atoms with Gasteiger partial charge < -0.3 is 9.47 Å². The van der Waals surface area contributed by atoms with Gasteiger partial charge >= 0.3 is 0 Å². The molecule has 1 amide bonds. The van der Waals surface area contributed by atoms with Crippen molar-refractivity contribution in [2.45, 2.75) is 19.4 Å². The van der Waals surface area contributed by atoms with Crippen LogP contribution in [0, 0.1) is 0 Å². The first-order valence-electron chi connectivity index (χ1n) is 8.90. The molecule has 0 saturated carbocycles. The van der Waals surface area contributed by atoms with E-state index in [1.165, 1.54) is 11.9 Å². The third-order valence-corrected chi connectivity index (χ3v) is 5.16. The minimum Gasteiger partial charge on any atom is -0.496 e. The van der Waals surface area contributed by atoms with Crippen LogP contribution in [-0.4, -0.2) is 45.5 Å². The lowest BCUT2D eigenvalue weighted by atomic mass is 9.96. The Morgan fingerprint density at radius 3 is 2.17 bits per heavy atom. The van der Waals surface area contributed by atoms with Crippen LogP contribution in [-0.2, 0) is 14.8 Å². The van der Waals surface area contributed by atoms with Crippen molar-refractivity contribution in [2.75, 3.05) is 25.2 Å². The van der Waals surface area contributed by atoms with Crippen molar-refractivity contribution in [3.63, 3.8) is 0 Å². The smallest absolute Gasteiger partial charge is 0.240 e. The summed E-state index contributed by atoms with van der Waals surface area (Å²) in [5.41, 5.74) is 2.72. The Labute approximate surface area is 170 Å². The highest BCUT2D eigenvalue weighted by atomic mass is 32.2. The van der Waals surface area contributed by atoms with Crippen molar-refractivity contribution in [1.29, 1.82) is 0 Å². The maximum absolute atomic E-state index is 12.3. The molecule has 0 fully saturated rings. The highest BCUT2D eigenvalue weighted by molar-refractivity contribution is 7.92. The van der Waals surface area contributed by atoms with Crippen molar-refractivity contribution in [3.8, 4) is 11.5 Å². The first-order chi connectivity index (χ1) is 13.7. The van der Waals surface area contributed by atoms with Gasteiger partial charge in [-0.15, -0.1) is 0 Å². The van der Waals surface area contributed by atoms with Crippen LogP contribution in [0.25, 0.3) is 0 Å². The number of nitrogens with zero attached hydrogens (tertiary/aromatic N) is 2. The number of benzene rings is 2. The van der Waals surface area contributed by atoms with E-state index >= 15 is 0 Å². The number of sulfonamides is 1. The quantitative estimate of drug-likeness (QED) is 0.779. The van der Waals surface area contributed by atoms with E-state index in [1.54, 1.807) is 38.5 Å². The molecule has 9 heteroatoms. The van der Waals surface area contributed by atoms with E-state index < -0.39 is 10.0 Å². The monoisotopic (exact) mass is 417 g/mol. The Morgan fingerprint density at radius 2 is 1.69 bits per heavy atom. The molecule has 1 heterocycles. The summed E-state index contributed by atoms with van der Waals surface area (Å²) in [6.07, 6.45) is 1.56. The number of nitrogens with one attached hydrogen (secondary N) is 1. The summed E-state index contributed by atoms with van der Waals surface area (Å²) in [7, 11) is -0.210. The van der Waals surface area contributed by atoms with Crippen molar-refractivity contribution in [3.05, 3.63) is 53.6 Å². The summed E-state index contributed by atoms with van der Waals surface area (Å²) in [5, 5.41) is 5.95. The molecule has 0 aliphatic carbocycles. The Morgan fingerprint density at radius 1 is 1.10 bits per heavy atom. The van der Waals surface area contributed by atoms with Crippen LogP contribution in [0.15, 0.2) is 47.6 Å². The van der Waals surface area contributed by atoms with Gasteiger partial charge in [0.2, 0.25) is 15.9 Å². The largest absolute Gasteiger partial charge is 0.496 e. The van der Waals surface area contributed by atoms with Gasteiger partial charge in [0, 0.05) is 19.0 Å². The van der Waals surface area contributed by atoms with Gasteiger partial charge in [-0.2, -0.15) is 5.10 Å². The minimum absolute atomic E-state index is 0.201. The number of amides is 1. The Balaban J connectivity index is 1.95. The molecule has 29 heavy (non-hydrogen) atoms.